The van der Waals surface area contributed by atoms with Crippen molar-refractivity contribution in [2.45, 2.75) is 25.9 Å². The van der Waals surface area contributed by atoms with Crippen molar-refractivity contribution in [3.05, 3.63) is 47.0 Å². The highest BCUT2D eigenvalue weighted by Crippen LogP contribution is 2.45. The first-order chi connectivity index (χ1) is 10.1. The maximum Gasteiger partial charge on any atom is 0.133 e. The summed E-state index contributed by atoms with van der Waals surface area (Å²) in [6.45, 7) is 1.84. The summed E-state index contributed by atoms with van der Waals surface area (Å²) in [6.07, 6.45) is 1.58. The van der Waals surface area contributed by atoms with E-state index in [0.717, 1.165) is 29.5 Å². The Bertz CT molecular complexity index is 661. The maximum absolute atomic E-state index is 9.99. The highest BCUT2D eigenvalue weighted by Gasteiger charge is 2.27. The Hall–Kier alpha value is -2.36. The number of benzene rings is 2. The van der Waals surface area contributed by atoms with Gasteiger partial charge < -0.3 is 19.7 Å². The van der Waals surface area contributed by atoms with Gasteiger partial charge in [-0.25, -0.2) is 0 Å². The molecule has 0 aromatic heterocycles. The van der Waals surface area contributed by atoms with Gasteiger partial charge in [0.1, 0.15) is 29.1 Å². The van der Waals surface area contributed by atoms with E-state index in [0.29, 0.717) is 11.5 Å². The summed E-state index contributed by atoms with van der Waals surface area (Å²) in [6, 6.07) is 8.67. The van der Waals surface area contributed by atoms with Crippen LogP contribution in [-0.2, 0) is 6.42 Å². The van der Waals surface area contributed by atoms with Gasteiger partial charge in [-0.15, -0.1) is 0 Å². The van der Waals surface area contributed by atoms with Gasteiger partial charge in [0.05, 0.1) is 7.11 Å². The number of phenolic OH excluding ortho intramolecular Hbond substituents is 2. The lowest BCUT2D eigenvalue weighted by Gasteiger charge is -2.29. The van der Waals surface area contributed by atoms with Crippen molar-refractivity contribution in [1.82, 2.24) is 0 Å². The highest BCUT2D eigenvalue weighted by molar-refractivity contribution is 5.57. The molecule has 110 valence electrons. The lowest BCUT2D eigenvalue weighted by atomic mass is 9.94. The van der Waals surface area contributed by atoms with Crippen molar-refractivity contribution in [2.75, 3.05) is 7.11 Å². The second-order valence-corrected chi connectivity index (χ2v) is 5.27. The third-order valence-corrected chi connectivity index (χ3v) is 3.97. The van der Waals surface area contributed by atoms with Crippen molar-refractivity contribution in [3.8, 4) is 23.0 Å². The zero-order valence-corrected chi connectivity index (χ0v) is 12.1. The molecule has 0 amide bonds. The van der Waals surface area contributed by atoms with Gasteiger partial charge in [-0.2, -0.15) is 0 Å². The molecule has 0 saturated carbocycles. The SMILES string of the molecule is COc1cc(O)c(C)c2c1CCC(c1ccc(O)cc1)O2. The third-order valence-electron chi connectivity index (χ3n) is 3.97. The summed E-state index contributed by atoms with van der Waals surface area (Å²) < 4.78 is 11.4. The fraction of sp³-hybridized carbons (Fsp3) is 0.294. The van der Waals surface area contributed by atoms with Gasteiger partial charge >= 0.3 is 0 Å². The lowest BCUT2D eigenvalue weighted by molar-refractivity contribution is 0.172. The van der Waals surface area contributed by atoms with Gasteiger partial charge in [0.15, 0.2) is 0 Å². The fourth-order valence-electron chi connectivity index (χ4n) is 2.75. The van der Waals surface area contributed by atoms with E-state index in [9.17, 15) is 10.2 Å². The zero-order valence-electron chi connectivity index (χ0n) is 12.1. The summed E-state index contributed by atoms with van der Waals surface area (Å²) in [5, 5.41) is 19.4. The molecule has 0 saturated heterocycles. The molecule has 0 bridgehead atoms. The average molecular weight is 286 g/mol. The monoisotopic (exact) mass is 286 g/mol. The fourth-order valence-corrected chi connectivity index (χ4v) is 2.75. The van der Waals surface area contributed by atoms with Gasteiger partial charge in [-0.05, 0) is 37.5 Å². The molecule has 4 heteroatoms. The van der Waals surface area contributed by atoms with Crippen molar-refractivity contribution < 1.29 is 19.7 Å². The van der Waals surface area contributed by atoms with Crippen LogP contribution in [0.2, 0.25) is 0 Å². The van der Waals surface area contributed by atoms with Crippen molar-refractivity contribution >= 4 is 0 Å². The van der Waals surface area contributed by atoms with Crippen LogP contribution in [0.1, 0.15) is 29.2 Å². The summed E-state index contributed by atoms with van der Waals surface area (Å²) in [5.41, 5.74) is 2.75. The number of fused-ring (bicyclic) bond motifs is 1. The third kappa shape index (κ3) is 2.37. The summed E-state index contributed by atoms with van der Waals surface area (Å²) in [4.78, 5) is 0. The van der Waals surface area contributed by atoms with E-state index in [1.165, 1.54) is 0 Å². The average Bonchev–Trinajstić information content (AvgIpc) is 2.51. The minimum Gasteiger partial charge on any atom is -0.508 e. The molecule has 0 radical (unpaired) electrons. The Kier molecular flexibility index (Phi) is 3.37. The molecule has 1 unspecified atom stereocenters. The number of phenols is 2. The van der Waals surface area contributed by atoms with Crippen LogP contribution in [0.5, 0.6) is 23.0 Å². The second-order valence-electron chi connectivity index (χ2n) is 5.27. The molecule has 2 aromatic carbocycles. The maximum atomic E-state index is 9.99. The van der Waals surface area contributed by atoms with E-state index in [-0.39, 0.29) is 17.6 Å². The van der Waals surface area contributed by atoms with Gasteiger partial charge in [0.2, 0.25) is 0 Å². The lowest BCUT2D eigenvalue weighted by Crippen LogP contribution is -2.16. The van der Waals surface area contributed by atoms with Crippen LogP contribution in [0.4, 0.5) is 0 Å². The Balaban J connectivity index is 1.98. The van der Waals surface area contributed by atoms with E-state index in [1.807, 2.05) is 19.1 Å². The van der Waals surface area contributed by atoms with Gasteiger partial charge in [0, 0.05) is 17.2 Å². The molecule has 1 aliphatic heterocycles. The Morgan fingerprint density at radius 3 is 2.57 bits per heavy atom. The number of hydrogen-bond donors (Lipinski definition) is 2. The first-order valence-corrected chi connectivity index (χ1v) is 6.95. The number of hydrogen-bond acceptors (Lipinski definition) is 4. The van der Waals surface area contributed by atoms with Gasteiger partial charge in [-0.3, -0.25) is 0 Å². The van der Waals surface area contributed by atoms with Gasteiger partial charge in [0.25, 0.3) is 0 Å². The number of aromatic hydroxyl groups is 2. The van der Waals surface area contributed by atoms with Crippen LogP contribution in [0.3, 0.4) is 0 Å². The van der Waals surface area contributed by atoms with Crippen LogP contribution in [-0.4, -0.2) is 17.3 Å². The van der Waals surface area contributed by atoms with Crippen LogP contribution in [0.15, 0.2) is 30.3 Å². The Morgan fingerprint density at radius 1 is 1.19 bits per heavy atom. The normalized spacial score (nSPS) is 17.0. The smallest absolute Gasteiger partial charge is 0.133 e. The molecule has 1 heterocycles. The number of ether oxygens (including phenoxy) is 2. The molecule has 1 atom stereocenters. The molecule has 3 rings (SSSR count). The van der Waals surface area contributed by atoms with Crippen LogP contribution < -0.4 is 9.47 Å². The Morgan fingerprint density at radius 2 is 1.90 bits per heavy atom. The Labute approximate surface area is 123 Å². The summed E-state index contributed by atoms with van der Waals surface area (Å²) in [7, 11) is 1.59. The zero-order chi connectivity index (χ0) is 15.0. The molecule has 2 aromatic rings. The summed E-state index contributed by atoms with van der Waals surface area (Å²) >= 11 is 0. The molecule has 2 N–H and O–H groups in total. The highest BCUT2D eigenvalue weighted by atomic mass is 16.5. The largest absolute Gasteiger partial charge is 0.508 e. The van der Waals surface area contributed by atoms with E-state index in [4.69, 9.17) is 9.47 Å². The molecule has 4 nitrogen and oxygen atoms in total. The van der Waals surface area contributed by atoms with E-state index >= 15 is 0 Å². The first-order valence-electron chi connectivity index (χ1n) is 6.95. The van der Waals surface area contributed by atoms with Crippen LogP contribution in [0.25, 0.3) is 0 Å². The predicted molar refractivity (Wildman–Crippen MR) is 79.2 cm³/mol. The molecule has 1 aliphatic rings. The minimum atomic E-state index is -0.0803. The first kappa shape index (κ1) is 13.6. The quantitative estimate of drug-likeness (QED) is 0.887. The van der Waals surface area contributed by atoms with Crippen LogP contribution >= 0.6 is 0 Å². The topological polar surface area (TPSA) is 58.9 Å². The van der Waals surface area contributed by atoms with E-state index in [1.54, 1.807) is 25.3 Å². The minimum absolute atomic E-state index is 0.0803. The standard InChI is InChI=1S/C17H18O4/c1-10-14(19)9-16(20-2)13-7-8-15(21-17(10)13)11-3-5-12(18)6-4-11/h3-6,9,15,18-19H,7-8H2,1-2H3. The molecular weight excluding hydrogens is 268 g/mol. The van der Waals surface area contributed by atoms with Gasteiger partial charge in [-0.1, -0.05) is 12.1 Å². The van der Waals surface area contributed by atoms with Crippen molar-refractivity contribution in [3.63, 3.8) is 0 Å². The molecule has 21 heavy (non-hydrogen) atoms. The molecule has 0 spiro atoms. The van der Waals surface area contributed by atoms with Crippen LogP contribution in [0, 0.1) is 6.92 Å². The molecule has 0 aliphatic carbocycles. The second kappa shape index (κ2) is 5.20. The number of methoxy groups -OCH3 is 1. The number of rotatable bonds is 2. The molecule has 0 fully saturated rings. The van der Waals surface area contributed by atoms with Crippen molar-refractivity contribution in [1.29, 1.82) is 0 Å². The predicted octanol–water partition coefficient (Wildman–Crippen LogP) is 3.48. The molecular formula is C17H18O4. The van der Waals surface area contributed by atoms with E-state index < -0.39 is 0 Å². The summed E-state index contributed by atoms with van der Waals surface area (Å²) in [5.74, 6) is 1.79. The van der Waals surface area contributed by atoms with E-state index in [2.05, 4.69) is 0 Å². The van der Waals surface area contributed by atoms with Crippen molar-refractivity contribution in [2.24, 2.45) is 0 Å².